The van der Waals surface area contributed by atoms with Crippen molar-refractivity contribution >= 4 is 11.8 Å². The maximum atomic E-state index is 6.07. The highest BCUT2D eigenvalue weighted by atomic mass is 32.2. The van der Waals surface area contributed by atoms with Crippen molar-refractivity contribution in [2.24, 2.45) is 5.73 Å². The molecule has 0 bridgehead atoms. The number of hydrogen-bond acceptors (Lipinski definition) is 4. The van der Waals surface area contributed by atoms with Crippen LogP contribution in [0.4, 0.5) is 0 Å². The fourth-order valence-electron chi connectivity index (χ4n) is 3.02. The van der Waals surface area contributed by atoms with E-state index in [-0.39, 0.29) is 0 Å². The molecule has 1 heterocycles. The molecule has 112 valence electrons. The third-order valence-corrected chi connectivity index (χ3v) is 5.30. The van der Waals surface area contributed by atoms with Crippen LogP contribution in [0.15, 0.2) is 29.2 Å². The van der Waals surface area contributed by atoms with Gasteiger partial charge in [-0.1, -0.05) is 12.1 Å². The molecule has 3 nitrogen and oxygen atoms in total. The van der Waals surface area contributed by atoms with Crippen LogP contribution in [-0.4, -0.2) is 54.8 Å². The molecule has 2 N–H and O–H groups in total. The van der Waals surface area contributed by atoms with E-state index in [1.807, 2.05) is 0 Å². The van der Waals surface area contributed by atoms with Gasteiger partial charge in [-0.2, -0.15) is 0 Å². The summed E-state index contributed by atoms with van der Waals surface area (Å²) >= 11 is 1.78. The van der Waals surface area contributed by atoms with E-state index in [2.05, 4.69) is 61.2 Å². The summed E-state index contributed by atoms with van der Waals surface area (Å²) in [6, 6.07) is 10.4. The van der Waals surface area contributed by atoms with Gasteiger partial charge in [0.05, 0.1) is 0 Å². The molecule has 0 saturated carbocycles. The molecule has 4 heteroatoms. The monoisotopic (exact) mass is 293 g/mol. The van der Waals surface area contributed by atoms with Crippen LogP contribution in [0.1, 0.15) is 25.5 Å². The van der Waals surface area contributed by atoms with Gasteiger partial charge in [0.15, 0.2) is 0 Å². The molecule has 0 aromatic heterocycles. The van der Waals surface area contributed by atoms with Gasteiger partial charge in [0.1, 0.15) is 0 Å². The third-order valence-electron chi connectivity index (χ3n) is 4.55. The molecule has 0 amide bonds. The predicted octanol–water partition coefficient (Wildman–Crippen LogP) is 2.43. The molecule has 3 atom stereocenters. The molecule has 0 radical (unpaired) electrons. The number of hydrogen-bond donors (Lipinski definition) is 1. The van der Waals surface area contributed by atoms with Crippen LogP contribution in [0.3, 0.4) is 0 Å². The molecule has 2 rings (SSSR count). The molecule has 1 aliphatic heterocycles. The second kappa shape index (κ2) is 6.94. The number of benzene rings is 1. The lowest BCUT2D eigenvalue weighted by molar-refractivity contribution is 0.0352. The Hall–Kier alpha value is -0.550. The smallest absolute Gasteiger partial charge is 0.0471 e. The van der Waals surface area contributed by atoms with E-state index in [0.29, 0.717) is 24.7 Å². The van der Waals surface area contributed by atoms with Crippen molar-refractivity contribution in [3.05, 3.63) is 29.8 Å². The van der Waals surface area contributed by atoms with Gasteiger partial charge in [0, 0.05) is 42.7 Å². The highest BCUT2D eigenvalue weighted by Gasteiger charge is 2.30. The van der Waals surface area contributed by atoms with Crippen LogP contribution in [0.5, 0.6) is 0 Å². The minimum absolute atomic E-state index is 0.338. The van der Waals surface area contributed by atoms with Gasteiger partial charge in [-0.15, -0.1) is 11.8 Å². The van der Waals surface area contributed by atoms with E-state index in [1.165, 1.54) is 10.5 Å². The Labute approximate surface area is 127 Å². The van der Waals surface area contributed by atoms with Crippen molar-refractivity contribution in [3.63, 3.8) is 0 Å². The lowest BCUT2D eigenvalue weighted by Crippen LogP contribution is -2.56. The predicted molar refractivity (Wildman–Crippen MR) is 88.3 cm³/mol. The number of nitrogens with two attached hydrogens (primary N) is 1. The minimum Gasteiger partial charge on any atom is -0.329 e. The quantitative estimate of drug-likeness (QED) is 0.864. The second-order valence-corrected chi connectivity index (χ2v) is 6.72. The maximum Gasteiger partial charge on any atom is 0.0471 e. The number of nitrogens with zero attached hydrogens (tertiary/aromatic N) is 2. The van der Waals surface area contributed by atoms with Gasteiger partial charge in [-0.25, -0.2) is 0 Å². The molecule has 1 saturated heterocycles. The molecule has 0 aliphatic carbocycles. The van der Waals surface area contributed by atoms with Crippen LogP contribution < -0.4 is 5.73 Å². The summed E-state index contributed by atoms with van der Waals surface area (Å²) in [4.78, 5) is 6.31. The van der Waals surface area contributed by atoms with Gasteiger partial charge in [0.25, 0.3) is 0 Å². The van der Waals surface area contributed by atoms with Crippen LogP contribution in [0, 0.1) is 0 Å². The first-order valence-corrected chi connectivity index (χ1v) is 8.59. The minimum atomic E-state index is 0.338. The molecular weight excluding hydrogens is 266 g/mol. The first kappa shape index (κ1) is 15.8. The topological polar surface area (TPSA) is 32.5 Å². The van der Waals surface area contributed by atoms with Gasteiger partial charge in [0.2, 0.25) is 0 Å². The van der Waals surface area contributed by atoms with Crippen molar-refractivity contribution < 1.29 is 0 Å². The largest absolute Gasteiger partial charge is 0.329 e. The Morgan fingerprint density at radius 2 is 1.75 bits per heavy atom. The van der Waals surface area contributed by atoms with Crippen molar-refractivity contribution in [1.29, 1.82) is 0 Å². The maximum absolute atomic E-state index is 6.07. The highest BCUT2D eigenvalue weighted by Crippen LogP contribution is 2.26. The summed E-state index contributed by atoms with van der Waals surface area (Å²) in [7, 11) is 2.22. The Bertz CT molecular complexity index is 408. The third kappa shape index (κ3) is 3.37. The SMILES string of the molecule is CSc1ccc(C(CN)N2CC(C)N(C)C(C)C2)cc1. The lowest BCUT2D eigenvalue weighted by Gasteiger charge is -2.45. The molecule has 0 spiro atoms. The van der Waals surface area contributed by atoms with E-state index in [0.717, 1.165) is 13.1 Å². The van der Waals surface area contributed by atoms with Crippen LogP contribution in [-0.2, 0) is 0 Å². The van der Waals surface area contributed by atoms with Crippen LogP contribution >= 0.6 is 11.8 Å². The Morgan fingerprint density at radius 3 is 2.20 bits per heavy atom. The first-order chi connectivity index (χ1) is 9.56. The Kier molecular flexibility index (Phi) is 5.49. The van der Waals surface area contributed by atoms with Gasteiger partial charge < -0.3 is 5.73 Å². The Balaban J connectivity index is 2.14. The van der Waals surface area contributed by atoms with Crippen molar-refractivity contribution in [3.8, 4) is 0 Å². The number of rotatable bonds is 4. The summed E-state index contributed by atoms with van der Waals surface area (Å²) in [5.41, 5.74) is 7.41. The summed E-state index contributed by atoms with van der Waals surface area (Å²) < 4.78 is 0. The molecule has 1 aliphatic rings. The number of piperazine rings is 1. The molecule has 20 heavy (non-hydrogen) atoms. The zero-order valence-electron chi connectivity index (χ0n) is 13.0. The molecule has 1 fully saturated rings. The van der Waals surface area contributed by atoms with Crippen molar-refractivity contribution in [2.45, 2.75) is 36.9 Å². The van der Waals surface area contributed by atoms with Crippen LogP contribution in [0.2, 0.25) is 0 Å². The zero-order chi connectivity index (χ0) is 14.7. The summed E-state index contributed by atoms with van der Waals surface area (Å²) in [5.74, 6) is 0. The summed E-state index contributed by atoms with van der Waals surface area (Å²) in [6.45, 7) is 7.46. The molecule has 3 unspecified atom stereocenters. The Morgan fingerprint density at radius 1 is 1.20 bits per heavy atom. The van der Waals surface area contributed by atoms with Crippen molar-refractivity contribution in [2.75, 3.05) is 32.9 Å². The van der Waals surface area contributed by atoms with E-state index in [9.17, 15) is 0 Å². The standard InChI is InChI=1S/C16H27N3S/c1-12-10-19(11-13(2)18(12)3)16(9-17)14-5-7-15(20-4)8-6-14/h5-8,12-13,16H,9-11,17H2,1-4H3. The molecule has 1 aromatic carbocycles. The van der Waals surface area contributed by atoms with Crippen LogP contribution in [0.25, 0.3) is 0 Å². The highest BCUT2D eigenvalue weighted by molar-refractivity contribution is 7.98. The van der Waals surface area contributed by atoms with E-state index >= 15 is 0 Å². The van der Waals surface area contributed by atoms with E-state index in [4.69, 9.17) is 5.73 Å². The number of thioether (sulfide) groups is 1. The fourth-order valence-corrected chi connectivity index (χ4v) is 3.43. The average molecular weight is 293 g/mol. The fraction of sp³-hybridized carbons (Fsp3) is 0.625. The average Bonchev–Trinajstić information content (AvgIpc) is 2.46. The second-order valence-electron chi connectivity index (χ2n) is 5.84. The molecule has 1 aromatic rings. The molecular formula is C16H27N3S. The van der Waals surface area contributed by atoms with E-state index < -0.39 is 0 Å². The number of likely N-dealkylation sites (N-methyl/N-ethyl adjacent to an activating group) is 1. The normalized spacial score (nSPS) is 26.6. The summed E-state index contributed by atoms with van der Waals surface area (Å²) in [5, 5.41) is 0. The summed E-state index contributed by atoms with van der Waals surface area (Å²) in [6.07, 6.45) is 2.11. The lowest BCUT2D eigenvalue weighted by atomic mass is 10.0. The van der Waals surface area contributed by atoms with Gasteiger partial charge in [-0.05, 0) is 44.8 Å². The van der Waals surface area contributed by atoms with Gasteiger partial charge >= 0.3 is 0 Å². The zero-order valence-corrected chi connectivity index (χ0v) is 13.9. The van der Waals surface area contributed by atoms with E-state index in [1.54, 1.807) is 11.8 Å². The van der Waals surface area contributed by atoms with Crippen molar-refractivity contribution in [1.82, 2.24) is 9.80 Å². The first-order valence-electron chi connectivity index (χ1n) is 7.36. The van der Waals surface area contributed by atoms with Gasteiger partial charge in [-0.3, -0.25) is 9.80 Å².